The molecule has 1 fully saturated rings. The summed E-state index contributed by atoms with van der Waals surface area (Å²) >= 11 is 1.42. The number of nitrogens with zero attached hydrogens (tertiary/aromatic N) is 3. The van der Waals surface area contributed by atoms with E-state index in [1.165, 1.54) is 11.8 Å². The zero-order valence-corrected chi connectivity index (χ0v) is 12.7. The van der Waals surface area contributed by atoms with E-state index in [0.29, 0.717) is 23.4 Å². The monoisotopic (exact) mass is 306 g/mol. The SMILES string of the molecule is CCCn1c(SCC(=O)NC2CC2)nnc1-c1ccco1. The fourth-order valence-electron chi connectivity index (χ4n) is 2.04. The molecular formula is C14H18N4O2S. The van der Waals surface area contributed by atoms with Crippen molar-refractivity contribution in [1.29, 1.82) is 0 Å². The quantitative estimate of drug-likeness (QED) is 0.795. The first kappa shape index (κ1) is 14.2. The molecule has 7 heteroatoms. The molecule has 21 heavy (non-hydrogen) atoms. The van der Waals surface area contributed by atoms with Gasteiger partial charge in [-0.3, -0.25) is 9.36 Å². The summed E-state index contributed by atoms with van der Waals surface area (Å²) in [6.07, 6.45) is 4.79. The van der Waals surface area contributed by atoms with Crippen LogP contribution < -0.4 is 5.32 Å². The maximum absolute atomic E-state index is 11.8. The van der Waals surface area contributed by atoms with Crippen LogP contribution in [0.2, 0.25) is 0 Å². The van der Waals surface area contributed by atoms with Crippen LogP contribution >= 0.6 is 11.8 Å². The van der Waals surface area contributed by atoms with Gasteiger partial charge < -0.3 is 9.73 Å². The molecule has 0 bridgehead atoms. The summed E-state index contributed by atoms with van der Waals surface area (Å²) in [6.45, 7) is 2.90. The minimum atomic E-state index is 0.0631. The summed E-state index contributed by atoms with van der Waals surface area (Å²) in [6, 6.07) is 4.09. The van der Waals surface area contributed by atoms with Crippen LogP contribution in [0.4, 0.5) is 0 Å². The molecule has 0 saturated heterocycles. The Morgan fingerprint density at radius 2 is 2.38 bits per heavy atom. The molecular weight excluding hydrogens is 288 g/mol. The molecule has 0 aliphatic heterocycles. The lowest BCUT2D eigenvalue weighted by molar-refractivity contribution is -0.118. The number of nitrogens with one attached hydrogen (secondary N) is 1. The number of carbonyl (C=O) groups is 1. The lowest BCUT2D eigenvalue weighted by Crippen LogP contribution is -2.27. The molecule has 1 aliphatic rings. The van der Waals surface area contributed by atoms with Crippen LogP contribution in [0.15, 0.2) is 28.0 Å². The topological polar surface area (TPSA) is 73.0 Å². The highest BCUT2D eigenvalue weighted by molar-refractivity contribution is 7.99. The highest BCUT2D eigenvalue weighted by Gasteiger charge is 2.23. The lowest BCUT2D eigenvalue weighted by atomic mass is 10.4. The van der Waals surface area contributed by atoms with Crippen molar-refractivity contribution in [2.75, 3.05) is 5.75 Å². The Bertz CT molecular complexity index is 605. The second kappa shape index (κ2) is 6.34. The van der Waals surface area contributed by atoms with Gasteiger partial charge in [0.1, 0.15) is 0 Å². The van der Waals surface area contributed by atoms with E-state index in [4.69, 9.17) is 4.42 Å². The van der Waals surface area contributed by atoms with Gasteiger partial charge >= 0.3 is 0 Å². The Morgan fingerprint density at radius 3 is 3.05 bits per heavy atom. The van der Waals surface area contributed by atoms with Crippen LogP contribution in [0.25, 0.3) is 11.6 Å². The molecule has 1 aliphatic carbocycles. The van der Waals surface area contributed by atoms with Crippen LogP contribution in [-0.4, -0.2) is 32.5 Å². The Hall–Kier alpha value is -1.76. The van der Waals surface area contributed by atoms with E-state index in [-0.39, 0.29) is 5.91 Å². The van der Waals surface area contributed by atoms with E-state index in [9.17, 15) is 4.79 Å². The third-order valence-electron chi connectivity index (χ3n) is 3.18. The fraction of sp³-hybridized carbons (Fsp3) is 0.500. The first-order valence-electron chi connectivity index (χ1n) is 7.17. The van der Waals surface area contributed by atoms with Gasteiger partial charge in [-0.1, -0.05) is 18.7 Å². The number of aromatic nitrogens is 3. The first-order chi connectivity index (χ1) is 10.3. The van der Waals surface area contributed by atoms with Crippen molar-refractivity contribution in [3.05, 3.63) is 18.4 Å². The minimum Gasteiger partial charge on any atom is -0.461 e. The smallest absolute Gasteiger partial charge is 0.230 e. The normalized spacial score (nSPS) is 14.3. The van der Waals surface area contributed by atoms with Gasteiger partial charge in [0.2, 0.25) is 5.91 Å². The number of amides is 1. The second-order valence-electron chi connectivity index (χ2n) is 5.07. The van der Waals surface area contributed by atoms with E-state index in [1.807, 2.05) is 16.7 Å². The van der Waals surface area contributed by atoms with E-state index >= 15 is 0 Å². The first-order valence-corrected chi connectivity index (χ1v) is 8.15. The molecule has 1 saturated carbocycles. The van der Waals surface area contributed by atoms with Crippen molar-refractivity contribution in [2.24, 2.45) is 0 Å². The Morgan fingerprint density at radius 1 is 1.52 bits per heavy atom. The molecule has 6 nitrogen and oxygen atoms in total. The number of hydrogen-bond acceptors (Lipinski definition) is 5. The largest absolute Gasteiger partial charge is 0.461 e. The molecule has 1 amide bonds. The Labute approximate surface area is 127 Å². The summed E-state index contributed by atoms with van der Waals surface area (Å²) < 4.78 is 7.40. The highest BCUT2D eigenvalue weighted by atomic mass is 32.2. The van der Waals surface area contributed by atoms with Gasteiger partial charge in [0, 0.05) is 12.6 Å². The molecule has 2 aromatic rings. The van der Waals surface area contributed by atoms with Gasteiger partial charge in [0.05, 0.1) is 12.0 Å². The van der Waals surface area contributed by atoms with Crippen molar-refractivity contribution in [3.8, 4) is 11.6 Å². The lowest BCUT2D eigenvalue weighted by Gasteiger charge is -2.07. The van der Waals surface area contributed by atoms with Crippen LogP contribution in [0.1, 0.15) is 26.2 Å². The zero-order chi connectivity index (χ0) is 14.7. The maximum Gasteiger partial charge on any atom is 0.230 e. The van der Waals surface area contributed by atoms with Gasteiger partial charge in [-0.2, -0.15) is 0 Å². The maximum atomic E-state index is 11.8. The Balaban J connectivity index is 1.70. The van der Waals surface area contributed by atoms with Crippen LogP contribution in [0.3, 0.4) is 0 Å². The van der Waals surface area contributed by atoms with Gasteiger partial charge in [-0.15, -0.1) is 10.2 Å². The number of carbonyl (C=O) groups excluding carboxylic acids is 1. The zero-order valence-electron chi connectivity index (χ0n) is 11.9. The van der Waals surface area contributed by atoms with E-state index in [1.54, 1.807) is 6.26 Å². The van der Waals surface area contributed by atoms with Gasteiger partial charge in [0.25, 0.3) is 0 Å². The van der Waals surface area contributed by atoms with Crippen molar-refractivity contribution >= 4 is 17.7 Å². The summed E-state index contributed by atoms with van der Waals surface area (Å²) in [7, 11) is 0. The van der Waals surface area contributed by atoms with Crippen molar-refractivity contribution < 1.29 is 9.21 Å². The van der Waals surface area contributed by atoms with Crippen LogP contribution in [0, 0.1) is 0 Å². The van der Waals surface area contributed by atoms with Gasteiger partial charge in [-0.05, 0) is 31.4 Å². The molecule has 0 spiro atoms. The number of rotatable bonds is 7. The van der Waals surface area contributed by atoms with Crippen molar-refractivity contribution in [2.45, 2.75) is 43.9 Å². The molecule has 0 unspecified atom stereocenters. The number of thioether (sulfide) groups is 1. The molecule has 1 N–H and O–H groups in total. The molecule has 112 valence electrons. The molecule has 2 aromatic heterocycles. The standard InChI is InChI=1S/C14H18N4O2S/c1-2-7-18-13(11-4-3-8-20-11)16-17-14(18)21-9-12(19)15-10-5-6-10/h3-4,8,10H,2,5-7,9H2,1H3,(H,15,19). The van der Waals surface area contributed by atoms with Crippen LogP contribution in [-0.2, 0) is 11.3 Å². The number of furan rings is 1. The minimum absolute atomic E-state index is 0.0631. The van der Waals surface area contributed by atoms with Crippen LogP contribution in [0.5, 0.6) is 0 Å². The third kappa shape index (κ3) is 3.47. The number of hydrogen-bond donors (Lipinski definition) is 1. The predicted octanol–water partition coefficient (Wildman–Crippen LogP) is 2.32. The molecule has 0 atom stereocenters. The predicted molar refractivity (Wildman–Crippen MR) is 79.9 cm³/mol. The van der Waals surface area contributed by atoms with E-state index < -0.39 is 0 Å². The van der Waals surface area contributed by atoms with E-state index in [0.717, 1.165) is 31.0 Å². The van der Waals surface area contributed by atoms with Gasteiger partial charge in [0.15, 0.2) is 16.7 Å². The third-order valence-corrected chi connectivity index (χ3v) is 4.15. The summed E-state index contributed by atoms with van der Waals surface area (Å²) in [5, 5.41) is 12.1. The van der Waals surface area contributed by atoms with Crippen molar-refractivity contribution in [1.82, 2.24) is 20.1 Å². The summed E-state index contributed by atoms with van der Waals surface area (Å²) in [5.74, 6) is 1.85. The molecule has 0 aromatic carbocycles. The highest BCUT2D eigenvalue weighted by Crippen LogP contribution is 2.25. The summed E-state index contributed by atoms with van der Waals surface area (Å²) in [5.41, 5.74) is 0. The summed E-state index contributed by atoms with van der Waals surface area (Å²) in [4.78, 5) is 11.8. The molecule has 2 heterocycles. The van der Waals surface area contributed by atoms with E-state index in [2.05, 4.69) is 22.4 Å². The van der Waals surface area contributed by atoms with Crippen molar-refractivity contribution in [3.63, 3.8) is 0 Å². The molecule has 3 rings (SSSR count). The fourth-order valence-corrected chi connectivity index (χ4v) is 2.81. The average Bonchev–Trinajstić information content (AvgIpc) is 2.99. The Kier molecular flexibility index (Phi) is 4.28. The van der Waals surface area contributed by atoms with Gasteiger partial charge in [-0.25, -0.2) is 0 Å². The molecule has 0 radical (unpaired) electrons. The second-order valence-corrected chi connectivity index (χ2v) is 6.01. The average molecular weight is 306 g/mol.